The summed E-state index contributed by atoms with van der Waals surface area (Å²) in [6.07, 6.45) is 3.01. The molecule has 1 aromatic heterocycles. The van der Waals surface area contributed by atoms with Gasteiger partial charge in [-0.2, -0.15) is 0 Å². The molecule has 0 saturated heterocycles. The molecule has 0 saturated carbocycles. The van der Waals surface area contributed by atoms with Crippen LogP contribution >= 0.6 is 22.9 Å². The van der Waals surface area contributed by atoms with Crippen molar-refractivity contribution in [2.75, 3.05) is 19.5 Å². The first kappa shape index (κ1) is 24.4. The number of benzene rings is 2. The zero-order valence-electron chi connectivity index (χ0n) is 19.0. The molecule has 0 aliphatic carbocycles. The van der Waals surface area contributed by atoms with Crippen molar-refractivity contribution >= 4 is 46.7 Å². The van der Waals surface area contributed by atoms with Gasteiger partial charge in [-0.3, -0.25) is 9.59 Å². The smallest absolute Gasteiger partial charge is 0.268 e. The number of nitrogens with one attached hydrogen (secondary N) is 1. The van der Waals surface area contributed by atoms with Gasteiger partial charge in [0, 0.05) is 13.1 Å². The second-order valence-electron chi connectivity index (χ2n) is 7.35. The zero-order chi connectivity index (χ0) is 24.1. The van der Waals surface area contributed by atoms with E-state index in [-0.39, 0.29) is 17.6 Å². The molecule has 3 aromatic rings. The van der Waals surface area contributed by atoms with Crippen LogP contribution in [0.2, 0.25) is 5.02 Å². The van der Waals surface area contributed by atoms with Gasteiger partial charge < -0.3 is 24.1 Å². The van der Waals surface area contributed by atoms with Gasteiger partial charge in [0.15, 0.2) is 11.5 Å². The molecule has 33 heavy (non-hydrogen) atoms. The summed E-state index contributed by atoms with van der Waals surface area (Å²) in [5, 5.41) is 3.15. The molecule has 0 spiro atoms. The van der Waals surface area contributed by atoms with Crippen molar-refractivity contribution in [2.24, 2.45) is 7.05 Å². The Balaban J connectivity index is 1.98. The molecule has 0 fully saturated rings. The van der Waals surface area contributed by atoms with Crippen LogP contribution in [0.15, 0.2) is 41.2 Å². The number of anilines is 1. The van der Waals surface area contributed by atoms with Crippen LogP contribution in [-0.2, 0) is 11.8 Å². The van der Waals surface area contributed by atoms with Gasteiger partial charge in [0.05, 0.1) is 35.6 Å². The van der Waals surface area contributed by atoms with E-state index in [2.05, 4.69) is 5.32 Å². The molecule has 0 radical (unpaired) electrons. The SMILES string of the molecule is COc1ccccc1NC(=O)C=c1sc(=Cc2cc(Cl)c(OC(C)C)c(OC)c2)c(=O)n1C. The van der Waals surface area contributed by atoms with E-state index >= 15 is 0 Å². The molecule has 0 atom stereocenters. The summed E-state index contributed by atoms with van der Waals surface area (Å²) in [5.41, 5.74) is 0.992. The average molecular weight is 489 g/mol. The molecule has 1 N–H and O–H groups in total. The Kier molecular flexibility index (Phi) is 7.84. The van der Waals surface area contributed by atoms with Gasteiger partial charge in [-0.1, -0.05) is 23.7 Å². The van der Waals surface area contributed by atoms with Gasteiger partial charge in [0.1, 0.15) is 10.4 Å². The van der Waals surface area contributed by atoms with Crippen molar-refractivity contribution in [3.63, 3.8) is 0 Å². The highest BCUT2D eigenvalue weighted by molar-refractivity contribution is 7.07. The minimum Gasteiger partial charge on any atom is -0.495 e. The highest BCUT2D eigenvalue weighted by atomic mass is 35.5. The molecule has 0 aliphatic heterocycles. The number of halogens is 1. The standard InChI is InChI=1S/C24H25ClN2O5S/c1-14(2)32-23-16(25)10-15(11-19(23)31-5)12-20-24(29)27(3)22(33-20)13-21(28)26-17-8-6-7-9-18(17)30-4/h6-14H,1-5H3,(H,26,28). The molecular weight excluding hydrogens is 464 g/mol. The largest absolute Gasteiger partial charge is 0.495 e. The summed E-state index contributed by atoms with van der Waals surface area (Å²) in [7, 11) is 4.67. The number of para-hydroxylation sites is 2. The van der Waals surface area contributed by atoms with Crippen molar-refractivity contribution in [3.8, 4) is 17.2 Å². The molecule has 0 aliphatic rings. The minimum absolute atomic E-state index is 0.0732. The highest BCUT2D eigenvalue weighted by Crippen LogP contribution is 2.37. The lowest BCUT2D eigenvalue weighted by Crippen LogP contribution is -2.29. The number of carbonyl (C=O) groups excluding carboxylic acids is 1. The van der Waals surface area contributed by atoms with E-state index in [1.54, 1.807) is 43.5 Å². The van der Waals surface area contributed by atoms with Gasteiger partial charge in [-0.15, -0.1) is 11.3 Å². The van der Waals surface area contributed by atoms with Crippen LogP contribution in [0.1, 0.15) is 19.4 Å². The molecule has 174 valence electrons. The first-order valence-corrected chi connectivity index (χ1v) is 11.3. The molecular formula is C24H25ClN2O5S. The third-order valence-corrected chi connectivity index (χ3v) is 5.98. The summed E-state index contributed by atoms with van der Waals surface area (Å²) < 4.78 is 18.8. The number of amides is 1. The van der Waals surface area contributed by atoms with E-state index in [0.717, 1.165) is 0 Å². The van der Waals surface area contributed by atoms with Gasteiger partial charge in [0.2, 0.25) is 0 Å². The number of hydrogen-bond donors (Lipinski definition) is 1. The molecule has 3 rings (SSSR count). The average Bonchev–Trinajstić information content (AvgIpc) is 3.03. The van der Waals surface area contributed by atoms with Crippen LogP contribution < -0.4 is 34.3 Å². The topological polar surface area (TPSA) is 78.8 Å². The fourth-order valence-electron chi connectivity index (χ4n) is 3.06. The molecule has 0 bridgehead atoms. The third kappa shape index (κ3) is 5.77. The summed E-state index contributed by atoms with van der Waals surface area (Å²) >= 11 is 7.59. The molecule has 1 heterocycles. The fourth-order valence-corrected chi connectivity index (χ4v) is 4.36. The Morgan fingerprint density at radius 1 is 1.15 bits per heavy atom. The molecule has 9 heteroatoms. The van der Waals surface area contributed by atoms with Crippen molar-refractivity contribution in [1.29, 1.82) is 0 Å². The zero-order valence-corrected chi connectivity index (χ0v) is 20.5. The van der Waals surface area contributed by atoms with Crippen LogP contribution in [0, 0.1) is 0 Å². The monoisotopic (exact) mass is 488 g/mol. The van der Waals surface area contributed by atoms with Crippen LogP contribution in [0.25, 0.3) is 12.2 Å². The van der Waals surface area contributed by atoms with E-state index in [1.807, 2.05) is 19.9 Å². The predicted molar refractivity (Wildman–Crippen MR) is 132 cm³/mol. The van der Waals surface area contributed by atoms with Crippen LogP contribution in [0.5, 0.6) is 17.2 Å². The van der Waals surface area contributed by atoms with E-state index in [0.29, 0.717) is 42.7 Å². The lowest BCUT2D eigenvalue weighted by molar-refractivity contribution is -0.110. The number of aromatic nitrogens is 1. The van der Waals surface area contributed by atoms with Gasteiger partial charge in [-0.05, 0) is 49.8 Å². The van der Waals surface area contributed by atoms with Crippen molar-refractivity contribution < 1.29 is 19.0 Å². The first-order valence-electron chi connectivity index (χ1n) is 10.1. The number of rotatable bonds is 7. The van der Waals surface area contributed by atoms with Crippen LogP contribution in [0.4, 0.5) is 5.69 Å². The lowest BCUT2D eigenvalue weighted by Gasteiger charge is -2.15. The maximum absolute atomic E-state index is 12.8. The maximum atomic E-state index is 12.8. The van der Waals surface area contributed by atoms with Gasteiger partial charge in [0.25, 0.3) is 11.5 Å². The third-order valence-electron chi connectivity index (χ3n) is 4.58. The predicted octanol–water partition coefficient (Wildman–Crippen LogP) is 3.15. The minimum atomic E-state index is -0.372. The quantitative estimate of drug-likeness (QED) is 0.552. The van der Waals surface area contributed by atoms with Crippen molar-refractivity contribution in [2.45, 2.75) is 20.0 Å². The van der Waals surface area contributed by atoms with Gasteiger partial charge in [-0.25, -0.2) is 0 Å². The lowest BCUT2D eigenvalue weighted by atomic mass is 10.2. The van der Waals surface area contributed by atoms with Crippen LogP contribution in [0.3, 0.4) is 0 Å². The summed E-state index contributed by atoms with van der Waals surface area (Å²) in [6, 6.07) is 10.6. The molecule has 1 amide bonds. The molecule has 2 aromatic carbocycles. The Morgan fingerprint density at radius 3 is 2.52 bits per heavy atom. The molecule has 0 unspecified atom stereocenters. The Labute approximate surface area is 200 Å². The number of nitrogens with zero attached hydrogens (tertiary/aromatic N) is 1. The number of ether oxygens (including phenoxy) is 3. The summed E-state index contributed by atoms with van der Waals surface area (Å²) in [4.78, 5) is 25.3. The number of carbonyl (C=O) groups is 1. The van der Waals surface area contributed by atoms with Gasteiger partial charge >= 0.3 is 0 Å². The number of hydrogen-bond acceptors (Lipinski definition) is 6. The first-order chi connectivity index (χ1) is 15.7. The van der Waals surface area contributed by atoms with Crippen molar-refractivity contribution in [1.82, 2.24) is 4.57 Å². The Hall–Kier alpha value is -3.23. The maximum Gasteiger partial charge on any atom is 0.268 e. The molecule has 7 nitrogen and oxygen atoms in total. The number of methoxy groups -OCH3 is 2. The van der Waals surface area contributed by atoms with E-state index in [9.17, 15) is 9.59 Å². The second-order valence-corrected chi connectivity index (χ2v) is 8.82. The Morgan fingerprint density at radius 2 is 1.85 bits per heavy atom. The number of thiazole rings is 1. The normalized spacial score (nSPS) is 12.2. The van der Waals surface area contributed by atoms with Crippen LogP contribution in [-0.4, -0.2) is 30.8 Å². The Bertz CT molecular complexity index is 1340. The van der Waals surface area contributed by atoms with E-state index in [4.69, 9.17) is 25.8 Å². The summed E-state index contributed by atoms with van der Waals surface area (Å²) in [5.74, 6) is 1.10. The van der Waals surface area contributed by atoms with E-state index < -0.39 is 0 Å². The fraction of sp³-hybridized carbons (Fsp3) is 0.250. The summed E-state index contributed by atoms with van der Waals surface area (Å²) in [6.45, 7) is 3.79. The highest BCUT2D eigenvalue weighted by Gasteiger charge is 2.13. The van der Waals surface area contributed by atoms with E-state index in [1.165, 1.54) is 36.2 Å². The van der Waals surface area contributed by atoms with Crippen molar-refractivity contribution in [3.05, 3.63) is 66.5 Å². The second kappa shape index (κ2) is 10.6.